The molecule has 0 atom stereocenters. The number of nitrogens with zero attached hydrogens (tertiary/aromatic N) is 4. The van der Waals surface area contributed by atoms with E-state index in [1.807, 2.05) is 78.9 Å². The summed E-state index contributed by atoms with van der Waals surface area (Å²) in [6.45, 7) is 3.92. The number of aryl methyl sites for hydroxylation is 2. The van der Waals surface area contributed by atoms with Crippen LogP contribution in [0.4, 0.5) is 11.5 Å². The molecule has 3 aromatic carbocycles. The van der Waals surface area contributed by atoms with Crippen LogP contribution < -0.4 is 10.2 Å². The molecule has 0 saturated heterocycles. The number of nitrogens with one attached hydrogen (secondary N) is 1. The number of oxazole rings is 1. The molecule has 0 spiro atoms. The van der Waals surface area contributed by atoms with Crippen molar-refractivity contribution in [2.45, 2.75) is 19.8 Å². The fraction of sp³-hybridized carbons (Fsp3) is 0.242. The van der Waals surface area contributed by atoms with Gasteiger partial charge in [0, 0.05) is 55.2 Å². The number of anilines is 2. The van der Waals surface area contributed by atoms with Gasteiger partial charge < -0.3 is 19.5 Å². The van der Waals surface area contributed by atoms with Crippen molar-refractivity contribution in [1.82, 2.24) is 14.9 Å². The number of fused-ring (bicyclic) bond motifs is 1. The van der Waals surface area contributed by atoms with Gasteiger partial charge in [0.1, 0.15) is 11.5 Å². The van der Waals surface area contributed by atoms with E-state index >= 15 is 0 Å². The Balaban J connectivity index is 1.28. The van der Waals surface area contributed by atoms with Gasteiger partial charge in [0.2, 0.25) is 5.91 Å². The molecule has 0 bridgehead atoms. The summed E-state index contributed by atoms with van der Waals surface area (Å²) in [6.07, 6.45) is 0.656. The van der Waals surface area contributed by atoms with Crippen molar-refractivity contribution in [2.75, 3.05) is 44.4 Å². The van der Waals surface area contributed by atoms with Gasteiger partial charge in [-0.3, -0.25) is 4.79 Å². The molecule has 1 N–H and O–H groups in total. The maximum Gasteiger partial charge on any atom is 0.224 e. The fourth-order valence-electron chi connectivity index (χ4n) is 4.61. The second-order valence-corrected chi connectivity index (χ2v) is 10.3. The summed E-state index contributed by atoms with van der Waals surface area (Å²) in [5, 5.41) is 4.06. The monoisotopic (exact) mass is 533 g/mol. The number of hydrogen-bond acceptors (Lipinski definition) is 6. The number of hydrogen-bond donors (Lipinski definition) is 1. The van der Waals surface area contributed by atoms with Crippen LogP contribution >= 0.6 is 0 Å². The molecule has 7 heteroatoms. The lowest BCUT2D eigenvalue weighted by Gasteiger charge is -2.21. The Morgan fingerprint density at radius 2 is 1.55 bits per heavy atom. The minimum absolute atomic E-state index is 0.0919. The number of benzene rings is 3. The Hall–Kier alpha value is -4.49. The molecule has 7 nitrogen and oxygen atoms in total. The summed E-state index contributed by atoms with van der Waals surface area (Å²) in [6, 6.07) is 27.9. The first-order valence-corrected chi connectivity index (χ1v) is 13.5. The van der Waals surface area contributed by atoms with E-state index in [2.05, 4.69) is 49.2 Å². The highest BCUT2D eigenvalue weighted by molar-refractivity contribution is 5.94. The highest BCUT2D eigenvalue weighted by atomic mass is 16.4. The predicted molar refractivity (Wildman–Crippen MR) is 163 cm³/mol. The Labute approximate surface area is 235 Å². The zero-order valence-corrected chi connectivity index (χ0v) is 23.5. The van der Waals surface area contributed by atoms with E-state index in [0.29, 0.717) is 18.1 Å². The van der Waals surface area contributed by atoms with Crippen LogP contribution in [-0.2, 0) is 11.2 Å². The molecule has 204 valence electrons. The van der Waals surface area contributed by atoms with Gasteiger partial charge in [0.15, 0.2) is 11.7 Å². The second-order valence-electron chi connectivity index (χ2n) is 10.3. The third kappa shape index (κ3) is 6.38. The highest BCUT2D eigenvalue weighted by Gasteiger charge is 2.18. The van der Waals surface area contributed by atoms with E-state index in [1.165, 1.54) is 0 Å². The van der Waals surface area contributed by atoms with Crippen molar-refractivity contribution in [3.8, 4) is 22.6 Å². The minimum atomic E-state index is -0.0919. The molecule has 0 aliphatic rings. The fourth-order valence-corrected chi connectivity index (χ4v) is 4.61. The number of carbonyl (C=O) groups is 1. The van der Waals surface area contributed by atoms with Gasteiger partial charge in [-0.2, -0.15) is 0 Å². The topological polar surface area (TPSA) is 74.5 Å². The van der Waals surface area contributed by atoms with Gasteiger partial charge in [0.05, 0.1) is 5.52 Å². The van der Waals surface area contributed by atoms with Crippen LogP contribution in [0.25, 0.3) is 33.5 Å². The third-order valence-electron chi connectivity index (χ3n) is 6.88. The molecular weight excluding hydrogens is 498 g/mol. The van der Waals surface area contributed by atoms with Gasteiger partial charge in [-0.15, -0.1) is 0 Å². The quantitative estimate of drug-likeness (QED) is 0.223. The van der Waals surface area contributed by atoms with E-state index in [1.54, 1.807) is 0 Å². The first kappa shape index (κ1) is 27.1. The first-order chi connectivity index (χ1) is 19.4. The van der Waals surface area contributed by atoms with Crippen molar-refractivity contribution in [1.29, 1.82) is 0 Å². The van der Waals surface area contributed by atoms with Crippen LogP contribution in [0.15, 0.2) is 89.3 Å². The van der Waals surface area contributed by atoms with E-state index in [-0.39, 0.29) is 12.3 Å². The summed E-state index contributed by atoms with van der Waals surface area (Å²) < 4.78 is 6.18. The number of carbonyl (C=O) groups excluding carboxylic acids is 1. The molecule has 0 saturated carbocycles. The predicted octanol–water partition coefficient (Wildman–Crippen LogP) is 6.43. The summed E-state index contributed by atoms with van der Waals surface area (Å²) in [5.74, 6) is 2.11. The highest BCUT2D eigenvalue weighted by Crippen LogP contribution is 2.33. The number of amides is 1. The normalized spacial score (nSPS) is 11.2. The molecule has 0 fully saturated rings. The maximum atomic E-state index is 12.9. The van der Waals surface area contributed by atoms with E-state index < -0.39 is 0 Å². The maximum absolute atomic E-state index is 12.9. The minimum Gasteiger partial charge on any atom is -0.440 e. The zero-order chi connectivity index (χ0) is 28.1. The summed E-state index contributed by atoms with van der Waals surface area (Å²) in [7, 11) is 6.20. The van der Waals surface area contributed by atoms with Gasteiger partial charge >= 0.3 is 0 Å². The first-order valence-electron chi connectivity index (χ1n) is 13.5. The molecule has 40 heavy (non-hydrogen) atoms. The van der Waals surface area contributed by atoms with E-state index in [0.717, 1.165) is 57.9 Å². The van der Waals surface area contributed by atoms with Crippen LogP contribution in [0.2, 0.25) is 0 Å². The van der Waals surface area contributed by atoms with Crippen LogP contribution in [0.5, 0.6) is 0 Å². The third-order valence-corrected chi connectivity index (χ3v) is 6.88. The molecule has 1 amide bonds. The van der Waals surface area contributed by atoms with Crippen molar-refractivity contribution in [2.24, 2.45) is 0 Å². The van der Waals surface area contributed by atoms with Crippen LogP contribution in [0.1, 0.15) is 17.9 Å². The van der Waals surface area contributed by atoms with Gasteiger partial charge in [-0.25, -0.2) is 9.97 Å². The van der Waals surface area contributed by atoms with Gasteiger partial charge in [0.25, 0.3) is 0 Å². The Bertz CT molecular complexity index is 1540. The number of aromatic nitrogens is 2. The average molecular weight is 534 g/mol. The van der Waals surface area contributed by atoms with Gasteiger partial charge in [-0.05, 0) is 50.8 Å². The molecule has 5 rings (SSSR count). The van der Waals surface area contributed by atoms with Crippen LogP contribution in [0.3, 0.4) is 0 Å². The molecular formula is C33H35N5O2. The van der Waals surface area contributed by atoms with Crippen LogP contribution in [0, 0.1) is 6.92 Å². The second kappa shape index (κ2) is 12.1. The SMILES string of the molecule is Cc1cc(N(C)CCN(C)C)nc2ccc(NC(=O)CCc3nc(-c4ccccc4)c(-c4ccccc4)o3)cc12. The lowest BCUT2D eigenvalue weighted by atomic mass is 10.1. The number of pyridine rings is 1. The summed E-state index contributed by atoms with van der Waals surface area (Å²) >= 11 is 0. The van der Waals surface area contributed by atoms with E-state index in [4.69, 9.17) is 14.4 Å². The largest absolute Gasteiger partial charge is 0.440 e. The van der Waals surface area contributed by atoms with Crippen molar-refractivity contribution >= 4 is 28.3 Å². The number of rotatable bonds is 10. The molecule has 0 unspecified atom stereocenters. The molecule has 5 aromatic rings. The average Bonchev–Trinajstić information content (AvgIpc) is 3.40. The van der Waals surface area contributed by atoms with Crippen molar-refractivity contribution in [3.63, 3.8) is 0 Å². The van der Waals surface area contributed by atoms with Crippen molar-refractivity contribution < 1.29 is 9.21 Å². The van der Waals surface area contributed by atoms with Gasteiger partial charge in [-0.1, -0.05) is 60.7 Å². The Morgan fingerprint density at radius 1 is 0.850 bits per heavy atom. The Morgan fingerprint density at radius 3 is 2.25 bits per heavy atom. The lowest BCUT2D eigenvalue weighted by molar-refractivity contribution is -0.116. The van der Waals surface area contributed by atoms with Crippen LogP contribution in [-0.4, -0.2) is 55.0 Å². The summed E-state index contributed by atoms with van der Waals surface area (Å²) in [5.41, 5.74) is 5.50. The van der Waals surface area contributed by atoms with Crippen molar-refractivity contribution in [3.05, 3.63) is 96.4 Å². The number of likely N-dealkylation sites (N-methyl/N-ethyl adjacent to an activating group) is 2. The molecule has 2 heterocycles. The molecule has 0 aliphatic heterocycles. The summed E-state index contributed by atoms with van der Waals surface area (Å²) in [4.78, 5) is 26.8. The Kier molecular flexibility index (Phi) is 8.22. The molecule has 0 radical (unpaired) electrons. The molecule has 0 aliphatic carbocycles. The molecule has 2 aromatic heterocycles. The van der Waals surface area contributed by atoms with E-state index in [9.17, 15) is 4.79 Å². The lowest BCUT2D eigenvalue weighted by Crippen LogP contribution is -2.29. The zero-order valence-electron chi connectivity index (χ0n) is 23.5. The smallest absolute Gasteiger partial charge is 0.224 e. The standard InChI is InChI=1S/C33H35N5O2/c1-23-21-29(38(4)20-19-37(2)3)35-28-16-15-26(22-27(23)28)34-30(39)17-18-31-36-32(24-11-7-5-8-12-24)33(40-31)25-13-9-6-10-14-25/h5-16,21-22H,17-20H2,1-4H3,(H,34,39).